The number of aliphatic hydroxyl groups excluding tert-OH is 1. The van der Waals surface area contributed by atoms with Crippen LogP contribution in [-0.2, 0) is 17.8 Å². The zero-order valence-electron chi connectivity index (χ0n) is 13.8. The van der Waals surface area contributed by atoms with Gasteiger partial charge in [0.05, 0.1) is 24.2 Å². The average Bonchev–Trinajstić information content (AvgIpc) is 2.87. The predicted molar refractivity (Wildman–Crippen MR) is 96.6 cm³/mol. The highest BCUT2D eigenvalue weighted by atomic mass is 32.2. The number of aliphatic hydroxyl groups is 1. The fraction of sp³-hybridized carbons (Fsp3) is 0.625. The van der Waals surface area contributed by atoms with Crippen LogP contribution in [0, 0.1) is 0 Å². The first-order valence-electron chi connectivity index (χ1n) is 7.98. The van der Waals surface area contributed by atoms with Crippen LogP contribution in [0.2, 0.25) is 0 Å². The van der Waals surface area contributed by atoms with Crippen LogP contribution >= 0.6 is 23.1 Å². The van der Waals surface area contributed by atoms with Crippen LogP contribution < -0.4 is 5.32 Å². The van der Waals surface area contributed by atoms with E-state index < -0.39 is 0 Å². The van der Waals surface area contributed by atoms with Gasteiger partial charge < -0.3 is 15.2 Å². The smallest absolute Gasteiger partial charge is 0.190 e. The van der Waals surface area contributed by atoms with E-state index in [1.54, 1.807) is 23.1 Å². The Morgan fingerprint density at radius 1 is 1.39 bits per heavy atom. The minimum Gasteiger partial charge on any atom is -0.395 e. The molecule has 0 saturated heterocycles. The van der Waals surface area contributed by atoms with Gasteiger partial charge in [-0.05, 0) is 25.8 Å². The van der Waals surface area contributed by atoms with Crippen LogP contribution in [0.15, 0.2) is 5.16 Å². The second-order valence-electron chi connectivity index (χ2n) is 6.26. The van der Waals surface area contributed by atoms with Crippen molar-refractivity contribution < 1.29 is 9.84 Å². The lowest BCUT2D eigenvalue weighted by Gasteiger charge is -2.30. The molecule has 3 rings (SSSR count). The zero-order chi connectivity index (χ0) is 16.4. The Morgan fingerprint density at radius 2 is 2.22 bits per heavy atom. The van der Waals surface area contributed by atoms with Gasteiger partial charge in [0.2, 0.25) is 0 Å². The minimum absolute atomic E-state index is 0.0872. The summed E-state index contributed by atoms with van der Waals surface area (Å²) in [7, 11) is 0. The second-order valence-corrected chi connectivity index (χ2v) is 8.41. The number of anilines is 1. The molecular formula is C16H23N3O2S2. The maximum Gasteiger partial charge on any atom is 0.190 e. The van der Waals surface area contributed by atoms with Crippen LogP contribution in [0.4, 0.5) is 5.82 Å². The number of thiophene rings is 1. The lowest BCUT2D eigenvalue weighted by molar-refractivity contribution is -0.0379. The Balaban J connectivity index is 2.08. The first kappa shape index (κ1) is 17.0. The van der Waals surface area contributed by atoms with E-state index in [4.69, 9.17) is 19.8 Å². The Morgan fingerprint density at radius 3 is 2.96 bits per heavy atom. The molecule has 0 bridgehead atoms. The van der Waals surface area contributed by atoms with Gasteiger partial charge >= 0.3 is 0 Å². The summed E-state index contributed by atoms with van der Waals surface area (Å²) < 4.78 is 5.93. The number of aromatic nitrogens is 2. The molecule has 126 valence electrons. The molecule has 0 amide bonds. The molecule has 0 atom stereocenters. The third-order valence-corrected chi connectivity index (χ3v) is 5.90. The van der Waals surface area contributed by atoms with Gasteiger partial charge in [-0.2, -0.15) is 0 Å². The lowest BCUT2D eigenvalue weighted by Crippen LogP contribution is -2.31. The summed E-state index contributed by atoms with van der Waals surface area (Å²) in [5, 5.41) is 14.3. The predicted octanol–water partition coefficient (Wildman–Crippen LogP) is 3.45. The summed E-state index contributed by atoms with van der Waals surface area (Å²) in [6.45, 7) is 7.61. The molecule has 0 unspecified atom stereocenters. The summed E-state index contributed by atoms with van der Waals surface area (Å²) >= 11 is 3.38. The molecule has 2 N–H and O–H groups in total. The summed E-state index contributed by atoms with van der Waals surface area (Å²) in [6, 6.07) is 0. The molecule has 7 heteroatoms. The Labute approximate surface area is 144 Å². The molecule has 0 aromatic carbocycles. The van der Waals surface area contributed by atoms with Gasteiger partial charge in [-0.25, -0.2) is 9.97 Å². The Bertz CT molecular complexity index is 700. The number of ether oxygens (including phenoxy) is 1. The van der Waals surface area contributed by atoms with E-state index in [0.717, 1.165) is 39.8 Å². The lowest BCUT2D eigenvalue weighted by atomic mass is 9.94. The average molecular weight is 354 g/mol. The van der Waals surface area contributed by atoms with Crippen LogP contribution in [-0.4, -0.2) is 39.6 Å². The third kappa shape index (κ3) is 3.63. The number of fused-ring (bicyclic) bond motifs is 3. The standard InChI is InChI=1S/C16H23N3O2S2/c1-4-7-22-15-18-13(17-5-6-20)12-10-8-16(2,3)21-9-11(10)23-14(12)19-15/h20H,4-9H2,1-3H3,(H,17,18,19). The van der Waals surface area contributed by atoms with Gasteiger partial charge in [0, 0.05) is 23.6 Å². The summed E-state index contributed by atoms with van der Waals surface area (Å²) in [5.74, 6) is 1.85. The molecule has 2 aromatic heterocycles. The first-order valence-corrected chi connectivity index (χ1v) is 9.78. The molecule has 0 saturated carbocycles. The SMILES string of the molecule is CCCSc1nc(NCCO)c2c3c(sc2n1)COC(C)(C)C3. The summed E-state index contributed by atoms with van der Waals surface area (Å²) in [5.41, 5.74) is 1.14. The maximum atomic E-state index is 9.15. The summed E-state index contributed by atoms with van der Waals surface area (Å²) in [6.07, 6.45) is 1.95. The fourth-order valence-corrected chi connectivity index (χ4v) is 4.54. The number of hydrogen-bond donors (Lipinski definition) is 2. The number of hydrogen-bond acceptors (Lipinski definition) is 7. The van der Waals surface area contributed by atoms with E-state index in [0.29, 0.717) is 13.2 Å². The van der Waals surface area contributed by atoms with E-state index >= 15 is 0 Å². The molecule has 0 spiro atoms. The van der Waals surface area contributed by atoms with Crippen molar-refractivity contribution in [2.24, 2.45) is 0 Å². The quantitative estimate of drug-likeness (QED) is 0.612. The van der Waals surface area contributed by atoms with E-state index in [-0.39, 0.29) is 12.2 Å². The molecule has 5 nitrogen and oxygen atoms in total. The van der Waals surface area contributed by atoms with E-state index in [2.05, 4.69) is 26.1 Å². The Hall–Kier alpha value is -0.890. The van der Waals surface area contributed by atoms with Crippen molar-refractivity contribution in [2.75, 3.05) is 24.2 Å². The second kappa shape index (κ2) is 6.93. The minimum atomic E-state index is -0.162. The fourth-order valence-electron chi connectivity index (χ4n) is 2.69. The number of thioether (sulfide) groups is 1. The molecule has 0 aliphatic carbocycles. The van der Waals surface area contributed by atoms with Gasteiger partial charge in [0.25, 0.3) is 0 Å². The van der Waals surface area contributed by atoms with Gasteiger partial charge in [-0.1, -0.05) is 18.7 Å². The monoisotopic (exact) mass is 353 g/mol. The topological polar surface area (TPSA) is 67.3 Å². The third-order valence-electron chi connectivity index (χ3n) is 3.75. The molecule has 23 heavy (non-hydrogen) atoms. The van der Waals surface area contributed by atoms with Crippen molar-refractivity contribution in [1.29, 1.82) is 0 Å². The van der Waals surface area contributed by atoms with Gasteiger partial charge in [0.15, 0.2) is 5.16 Å². The molecule has 1 aliphatic rings. The van der Waals surface area contributed by atoms with E-state index in [1.165, 1.54) is 10.4 Å². The van der Waals surface area contributed by atoms with Crippen molar-refractivity contribution >= 4 is 39.1 Å². The van der Waals surface area contributed by atoms with E-state index in [1.807, 2.05) is 0 Å². The largest absolute Gasteiger partial charge is 0.395 e. The molecular weight excluding hydrogens is 330 g/mol. The van der Waals surface area contributed by atoms with Crippen molar-refractivity contribution in [3.05, 3.63) is 10.4 Å². The van der Waals surface area contributed by atoms with E-state index in [9.17, 15) is 0 Å². The molecule has 0 radical (unpaired) electrons. The van der Waals surface area contributed by atoms with Crippen LogP contribution in [0.3, 0.4) is 0 Å². The van der Waals surface area contributed by atoms with Crippen LogP contribution in [0.25, 0.3) is 10.2 Å². The maximum absolute atomic E-state index is 9.15. The molecule has 0 fully saturated rings. The summed E-state index contributed by atoms with van der Waals surface area (Å²) in [4.78, 5) is 11.7. The van der Waals surface area contributed by atoms with Crippen molar-refractivity contribution in [3.8, 4) is 0 Å². The molecule has 3 heterocycles. The van der Waals surface area contributed by atoms with Crippen molar-refractivity contribution in [3.63, 3.8) is 0 Å². The highest BCUT2D eigenvalue weighted by Crippen LogP contribution is 2.41. The van der Waals surface area contributed by atoms with Crippen molar-refractivity contribution in [1.82, 2.24) is 9.97 Å². The van der Waals surface area contributed by atoms with Gasteiger partial charge in [-0.3, -0.25) is 0 Å². The van der Waals surface area contributed by atoms with Gasteiger partial charge in [0.1, 0.15) is 10.6 Å². The molecule has 2 aromatic rings. The first-order chi connectivity index (χ1) is 11.0. The highest BCUT2D eigenvalue weighted by molar-refractivity contribution is 7.99. The Kier molecular flexibility index (Phi) is 5.10. The number of rotatable bonds is 6. The normalized spacial score (nSPS) is 16.5. The van der Waals surface area contributed by atoms with Crippen molar-refractivity contribution in [2.45, 2.75) is 51.0 Å². The van der Waals surface area contributed by atoms with Gasteiger partial charge in [-0.15, -0.1) is 11.3 Å². The van der Waals surface area contributed by atoms with Crippen LogP contribution in [0.1, 0.15) is 37.6 Å². The zero-order valence-corrected chi connectivity index (χ0v) is 15.4. The van der Waals surface area contributed by atoms with Crippen LogP contribution in [0.5, 0.6) is 0 Å². The number of nitrogens with one attached hydrogen (secondary N) is 1. The number of nitrogens with zero attached hydrogens (tertiary/aromatic N) is 2. The highest BCUT2D eigenvalue weighted by Gasteiger charge is 2.31. The molecule has 1 aliphatic heterocycles.